The van der Waals surface area contributed by atoms with Gasteiger partial charge in [0.25, 0.3) is 11.6 Å². The van der Waals surface area contributed by atoms with Crippen LogP contribution in [0.25, 0.3) is 0 Å². The SMILES string of the molecule is CCc1ccccc1NC(=O)CN(C)C(=O)c1cc([N+](=O)[O-])ccc1N1CCC(C)CC1. The number of anilines is 2. The van der Waals surface area contributed by atoms with Crippen LogP contribution in [-0.2, 0) is 11.2 Å². The maximum Gasteiger partial charge on any atom is 0.270 e. The number of nitrogens with one attached hydrogen (secondary N) is 1. The first kappa shape index (κ1) is 23.2. The van der Waals surface area contributed by atoms with Gasteiger partial charge < -0.3 is 15.1 Å². The summed E-state index contributed by atoms with van der Waals surface area (Å²) in [7, 11) is 1.54. The van der Waals surface area contributed by atoms with E-state index in [4.69, 9.17) is 0 Å². The molecule has 1 saturated heterocycles. The summed E-state index contributed by atoms with van der Waals surface area (Å²) in [5, 5.41) is 14.2. The van der Waals surface area contributed by atoms with E-state index in [9.17, 15) is 19.7 Å². The molecule has 8 heteroatoms. The number of benzene rings is 2. The Morgan fingerprint density at radius 1 is 1.19 bits per heavy atom. The fourth-order valence-corrected chi connectivity index (χ4v) is 3.97. The van der Waals surface area contributed by atoms with Crippen molar-refractivity contribution in [2.45, 2.75) is 33.1 Å². The van der Waals surface area contributed by atoms with Gasteiger partial charge in [-0.15, -0.1) is 0 Å². The van der Waals surface area contributed by atoms with E-state index in [0.717, 1.165) is 43.6 Å². The highest BCUT2D eigenvalue weighted by atomic mass is 16.6. The number of aryl methyl sites for hydroxylation is 1. The first-order valence-corrected chi connectivity index (χ1v) is 11.0. The molecule has 1 fully saturated rings. The summed E-state index contributed by atoms with van der Waals surface area (Å²) < 4.78 is 0. The van der Waals surface area contributed by atoms with E-state index in [-0.39, 0.29) is 23.7 Å². The highest BCUT2D eigenvalue weighted by molar-refractivity contribution is 6.03. The van der Waals surface area contributed by atoms with Crippen molar-refractivity contribution < 1.29 is 14.5 Å². The largest absolute Gasteiger partial charge is 0.371 e. The van der Waals surface area contributed by atoms with Crippen LogP contribution in [0.3, 0.4) is 0 Å². The van der Waals surface area contributed by atoms with Crippen LogP contribution in [0.15, 0.2) is 42.5 Å². The number of carbonyl (C=O) groups excluding carboxylic acids is 2. The Bertz CT molecular complexity index is 999. The molecular formula is C24H30N4O4. The molecule has 0 bridgehead atoms. The van der Waals surface area contributed by atoms with Crippen LogP contribution in [0.2, 0.25) is 0 Å². The Balaban J connectivity index is 1.79. The summed E-state index contributed by atoms with van der Waals surface area (Å²) in [5.74, 6) is -0.123. The number of likely N-dealkylation sites (N-methyl/N-ethyl adjacent to an activating group) is 1. The van der Waals surface area contributed by atoms with Gasteiger partial charge in [0.15, 0.2) is 0 Å². The maximum atomic E-state index is 13.3. The zero-order valence-corrected chi connectivity index (χ0v) is 18.8. The van der Waals surface area contributed by atoms with Gasteiger partial charge in [0.1, 0.15) is 0 Å². The lowest BCUT2D eigenvalue weighted by atomic mass is 9.97. The van der Waals surface area contributed by atoms with Gasteiger partial charge in [0.05, 0.1) is 22.7 Å². The van der Waals surface area contributed by atoms with Crippen LogP contribution in [0.5, 0.6) is 0 Å². The third-order valence-electron chi connectivity index (χ3n) is 5.95. The number of non-ortho nitro benzene ring substituents is 1. The van der Waals surface area contributed by atoms with Gasteiger partial charge in [-0.25, -0.2) is 0 Å². The van der Waals surface area contributed by atoms with E-state index >= 15 is 0 Å². The molecule has 0 saturated carbocycles. The summed E-state index contributed by atoms with van der Waals surface area (Å²) in [6.45, 7) is 5.62. The molecule has 0 aliphatic carbocycles. The van der Waals surface area contributed by atoms with Gasteiger partial charge >= 0.3 is 0 Å². The number of amides is 2. The van der Waals surface area contributed by atoms with Crippen molar-refractivity contribution in [3.05, 3.63) is 63.7 Å². The number of hydrogen-bond donors (Lipinski definition) is 1. The van der Waals surface area contributed by atoms with Crippen molar-refractivity contribution in [3.63, 3.8) is 0 Å². The standard InChI is InChI=1S/C24H30N4O4/c1-4-18-7-5-6-8-21(18)25-23(29)16-26(3)24(30)20-15-19(28(31)32)9-10-22(20)27-13-11-17(2)12-14-27/h5-10,15,17H,4,11-14,16H2,1-3H3,(H,25,29). The fourth-order valence-electron chi connectivity index (χ4n) is 3.97. The van der Waals surface area contributed by atoms with Gasteiger partial charge in [0.2, 0.25) is 5.91 Å². The van der Waals surface area contributed by atoms with E-state index in [0.29, 0.717) is 11.6 Å². The summed E-state index contributed by atoms with van der Waals surface area (Å²) in [4.78, 5) is 40.1. The summed E-state index contributed by atoms with van der Waals surface area (Å²) in [6, 6.07) is 11.9. The number of nitro groups is 1. The number of hydrogen-bond acceptors (Lipinski definition) is 5. The molecule has 0 radical (unpaired) electrons. The third-order valence-corrected chi connectivity index (χ3v) is 5.95. The highest BCUT2D eigenvalue weighted by Crippen LogP contribution is 2.30. The summed E-state index contributed by atoms with van der Waals surface area (Å²) in [6.07, 6.45) is 2.77. The number of nitrogens with zero attached hydrogens (tertiary/aromatic N) is 3. The Kier molecular flexibility index (Phi) is 7.45. The lowest BCUT2D eigenvalue weighted by Crippen LogP contribution is -2.38. The van der Waals surface area contributed by atoms with Crippen molar-refractivity contribution >= 4 is 28.9 Å². The lowest BCUT2D eigenvalue weighted by molar-refractivity contribution is -0.384. The molecule has 2 amide bonds. The summed E-state index contributed by atoms with van der Waals surface area (Å²) in [5.41, 5.74) is 2.51. The zero-order chi connectivity index (χ0) is 23.3. The van der Waals surface area contributed by atoms with Crippen molar-refractivity contribution in [1.29, 1.82) is 0 Å². The number of carbonyl (C=O) groups is 2. The minimum absolute atomic E-state index is 0.141. The highest BCUT2D eigenvalue weighted by Gasteiger charge is 2.26. The van der Waals surface area contributed by atoms with E-state index in [1.807, 2.05) is 31.2 Å². The Labute approximate surface area is 188 Å². The van der Waals surface area contributed by atoms with Crippen molar-refractivity contribution in [3.8, 4) is 0 Å². The number of para-hydroxylation sites is 1. The average Bonchev–Trinajstić information content (AvgIpc) is 2.79. The minimum atomic E-state index is -0.507. The van der Waals surface area contributed by atoms with E-state index in [1.54, 1.807) is 6.07 Å². The lowest BCUT2D eigenvalue weighted by Gasteiger charge is -2.33. The quantitative estimate of drug-likeness (QED) is 0.519. The predicted octanol–water partition coefficient (Wildman–Crippen LogP) is 4.10. The first-order chi connectivity index (χ1) is 15.3. The number of nitro benzene ring substituents is 1. The second-order valence-electron chi connectivity index (χ2n) is 8.35. The topological polar surface area (TPSA) is 95.8 Å². The second-order valence-corrected chi connectivity index (χ2v) is 8.35. The monoisotopic (exact) mass is 438 g/mol. The molecule has 1 aliphatic heterocycles. The van der Waals surface area contributed by atoms with Crippen molar-refractivity contribution in [2.75, 3.05) is 36.9 Å². The van der Waals surface area contributed by atoms with Gasteiger partial charge in [0, 0.05) is 38.0 Å². The molecule has 1 heterocycles. The Hall–Kier alpha value is -3.42. The van der Waals surface area contributed by atoms with Crippen molar-refractivity contribution in [2.24, 2.45) is 5.92 Å². The predicted molar refractivity (Wildman–Crippen MR) is 125 cm³/mol. The van der Waals surface area contributed by atoms with Gasteiger partial charge in [-0.1, -0.05) is 32.0 Å². The Morgan fingerprint density at radius 2 is 1.88 bits per heavy atom. The van der Waals surface area contributed by atoms with Crippen LogP contribution < -0.4 is 10.2 Å². The molecule has 0 aromatic heterocycles. The molecule has 0 spiro atoms. The van der Waals surface area contributed by atoms with Crippen LogP contribution in [0.4, 0.5) is 17.1 Å². The molecule has 0 unspecified atom stereocenters. The molecule has 170 valence electrons. The fraction of sp³-hybridized carbons (Fsp3) is 0.417. The van der Waals surface area contributed by atoms with E-state index < -0.39 is 10.8 Å². The molecule has 1 N–H and O–H groups in total. The molecule has 8 nitrogen and oxygen atoms in total. The normalized spacial score (nSPS) is 14.2. The van der Waals surface area contributed by atoms with Crippen LogP contribution in [0.1, 0.15) is 42.6 Å². The first-order valence-electron chi connectivity index (χ1n) is 11.0. The molecule has 3 rings (SSSR count). The smallest absolute Gasteiger partial charge is 0.270 e. The molecule has 2 aromatic rings. The summed E-state index contributed by atoms with van der Waals surface area (Å²) >= 11 is 0. The van der Waals surface area contributed by atoms with Gasteiger partial charge in [-0.2, -0.15) is 0 Å². The molecule has 1 aliphatic rings. The maximum absolute atomic E-state index is 13.3. The second kappa shape index (κ2) is 10.3. The number of piperidine rings is 1. The van der Waals surface area contributed by atoms with E-state index in [2.05, 4.69) is 17.1 Å². The Morgan fingerprint density at radius 3 is 2.53 bits per heavy atom. The molecule has 32 heavy (non-hydrogen) atoms. The van der Waals surface area contributed by atoms with Crippen LogP contribution in [0, 0.1) is 16.0 Å². The molecule has 2 aromatic carbocycles. The number of rotatable bonds is 7. The minimum Gasteiger partial charge on any atom is -0.371 e. The molecular weight excluding hydrogens is 408 g/mol. The average molecular weight is 439 g/mol. The zero-order valence-electron chi connectivity index (χ0n) is 18.8. The van der Waals surface area contributed by atoms with Crippen LogP contribution >= 0.6 is 0 Å². The van der Waals surface area contributed by atoms with Gasteiger partial charge in [-0.05, 0) is 42.9 Å². The van der Waals surface area contributed by atoms with Crippen molar-refractivity contribution in [1.82, 2.24) is 4.90 Å². The van der Waals surface area contributed by atoms with Gasteiger partial charge in [-0.3, -0.25) is 19.7 Å². The molecule has 0 atom stereocenters. The third kappa shape index (κ3) is 5.43. The van der Waals surface area contributed by atoms with E-state index in [1.165, 1.54) is 24.1 Å². The van der Waals surface area contributed by atoms with Crippen LogP contribution in [-0.4, -0.2) is 48.3 Å².